The van der Waals surface area contributed by atoms with Crippen LogP contribution in [0.1, 0.15) is 20.7 Å². The minimum atomic E-state index is -0.420. The van der Waals surface area contributed by atoms with Crippen LogP contribution in [-0.2, 0) is 4.74 Å². The van der Waals surface area contributed by atoms with Crippen LogP contribution < -0.4 is 20.1 Å². The van der Waals surface area contributed by atoms with Crippen molar-refractivity contribution in [2.45, 2.75) is 0 Å². The molecule has 3 aromatic rings. The number of fused-ring (bicyclic) bond motifs is 2. The summed E-state index contributed by atoms with van der Waals surface area (Å²) >= 11 is 6.50. The molecule has 2 N–H and O–H groups in total. The lowest BCUT2D eigenvalue weighted by Crippen LogP contribution is -2.34. The molecule has 1 aliphatic heterocycles. The van der Waals surface area contributed by atoms with Crippen molar-refractivity contribution in [2.24, 2.45) is 0 Å². The van der Waals surface area contributed by atoms with E-state index in [-0.39, 0.29) is 17.8 Å². The Morgan fingerprint density at radius 1 is 1.14 bits per heavy atom. The molecule has 2 heterocycles. The number of thiazole rings is 1. The Morgan fingerprint density at radius 3 is 2.75 bits per heavy atom. The Kier molecular flexibility index (Phi) is 4.80. The number of esters is 1. The number of nitrogens with zero attached hydrogens (tertiary/aromatic N) is 1. The first-order valence-electron chi connectivity index (χ1n) is 8.04. The van der Waals surface area contributed by atoms with Crippen LogP contribution in [0, 0.1) is 0 Å². The van der Waals surface area contributed by atoms with Gasteiger partial charge in [-0.05, 0) is 48.6 Å². The van der Waals surface area contributed by atoms with Crippen molar-refractivity contribution in [3.63, 3.8) is 0 Å². The van der Waals surface area contributed by atoms with Crippen LogP contribution in [0.15, 0.2) is 36.4 Å². The SMILES string of the molecule is COC(=O)c1ccc2nc(NC(=S)NC(=O)c3ccc4c(c3)OCO4)sc2c1. The molecule has 0 aliphatic carbocycles. The van der Waals surface area contributed by atoms with E-state index in [2.05, 4.69) is 15.6 Å². The molecular weight excluding hydrogens is 402 g/mol. The predicted octanol–water partition coefficient (Wildman–Crippen LogP) is 2.94. The number of methoxy groups -OCH3 is 1. The van der Waals surface area contributed by atoms with E-state index in [1.165, 1.54) is 18.4 Å². The highest BCUT2D eigenvalue weighted by molar-refractivity contribution is 7.80. The molecule has 0 saturated carbocycles. The normalized spacial score (nSPS) is 11.9. The van der Waals surface area contributed by atoms with E-state index in [0.29, 0.717) is 33.3 Å². The van der Waals surface area contributed by atoms with Gasteiger partial charge in [-0.25, -0.2) is 9.78 Å². The molecule has 0 radical (unpaired) electrons. The summed E-state index contributed by atoms with van der Waals surface area (Å²) in [5, 5.41) is 6.08. The summed E-state index contributed by atoms with van der Waals surface area (Å²) in [5.74, 6) is 0.304. The fourth-order valence-corrected chi connectivity index (χ4v) is 3.73. The Labute approximate surface area is 168 Å². The molecule has 0 bridgehead atoms. The predicted molar refractivity (Wildman–Crippen MR) is 107 cm³/mol. The molecule has 28 heavy (non-hydrogen) atoms. The number of hydrogen-bond acceptors (Lipinski definition) is 8. The number of anilines is 1. The van der Waals surface area contributed by atoms with E-state index in [0.717, 1.165) is 4.70 Å². The number of thiocarbonyl (C=S) groups is 1. The first-order chi connectivity index (χ1) is 13.5. The van der Waals surface area contributed by atoms with Crippen LogP contribution >= 0.6 is 23.6 Å². The van der Waals surface area contributed by atoms with E-state index in [1.807, 2.05) is 0 Å². The Balaban J connectivity index is 1.44. The van der Waals surface area contributed by atoms with E-state index < -0.39 is 5.97 Å². The third-order valence-electron chi connectivity index (χ3n) is 3.89. The standard InChI is InChI=1S/C18H13N3O5S2/c1-24-16(23)10-2-4-11-14(7-10)28-18(19-11)21-17(27)20-15(22)9-3-5-12-13(6-9)26-8-25-12/h2-7H,8H2,1H3,(H2,19,20,21,22,27). The average molecular weight is 415 g/mol. The zero-order chi connectivity index (χ0) is 19.7. The second-order valence-electron chi connectivity index (χ2n) is 5.67. The van der Waals surface area contributed by atoms with Crippen molar-refractivity contribution in [1.29, 1.82) is 0 Å². The number of carbonyl (C=O) groups excluding carboxylic acids is 2. The number of carbonyl (C=O) groups is 2. The zero-order valence-electron chi connectivity index (χ0n) is 14.5. The summed E-state index contributed by atoms with van der Waals surface area (Å²) in [6.07, 6.45) is 0. The van der Waals surface area contributed by atoms with Crippen molar-refractivity contribution in [3.8, 4) is 11.5 Å². The molecule has 0 fully saturated rings. The molecule has 0 saturated heterocycles. The molecule has 8 nitrogen and oxygen atoms in total. The minimum Gasteiger partial charge on any atom is -0.465 e. The second kappa shape index (κ2) is 7.41. The highest BCUT2D eigenvalue weighted by Crippen LogP contribution is 2.32. The Morgan fingerprint density at radius 2 is 1.93 bits per heavy atom. The summed E-state index contributed by atoms with van der Waals surface area (Å²) in [4.78, 5) is 28.4. The largest absolute Gasteiger partial charge is 0.465 e. The first kappa shape index (κ1) is 18.1. The number of nitrogens with one attached hydrogen (secondary N) is 2. The average Bonchev–Trinajstić information content (AvgIpc) is 3.31. The first-order valence-corrected chi connectivity index (χ1v) is 9.27. The topological polar surface area (TPSA) is 98.8 Å². The maximum atomic E-state index is 12.4. The number of hydrogen-bond donors (Lipinski definition) is 2. The zero-order valence-corrected chi connectivity index (χ0v) is 16.1. The van der Waals surface area contributed by atoms with Gasteiger partial charge >= 0.3 is 5.97 Å². The van der Waals surface area contributed by atoms with Crippen molar-refractivity contribution >= 4 is 55.9 Å². The number of aromatic nitrogens is 1. The summed E-state index contributed by atoms with van der Waals surface area (Å²) in [6, 6.07) is 9.93. The van der Waals surface area contributed by atoms with Crippen LogP contribution in [0.4, 0.5) is 5.13 Å². The molecule has 4 rings (SSSR count). The summed E-state index contributed by atoms with van der Waals surface area (Å²) < 4.78 is 16.0. The molecule has 0 unspecified atom stereocenters. The number of benzene rings is 2. The molecular formula is C18H13N3O5S2. The lowest BCUT2D eigenvalue weighted by Gasteiger charge is -2.07. The van der Waals surface area contributed by atoms with E-state index in [9.17, 15) is 9.59 Å². The van der Waals surface area contributed by atoms with Crippen LogP contribution in [0.3, 0.4) is 0 Å². The fraction of sp³-hybridized carbons (Fsp3) is 0.111. The van der Waals surface area contributed by atoms with Gasteiger partial charge in [-0.3, -0.25) is 10.1 Å². The highest BCUT2D eigenvalue weighted by Gasteiger charge is 2.17. The van der Waals surface area contributed by atoms with Crippen LogP contribution in [0.5, 0.6) is 11.5 Å². The van der Waals surface area contributed by atoms with Gasteiger partial charge in [0.2, 0.25) is 6.79 Å². The second-order valence-corrected chi connectivity index (χ2v) is 7.11. The third-order valence-corrected chi connectivity index (χ3v) is 5.03. The van der Waals surface area contributed by atoms with Gasteiger partial charge in [-0.2, -0.15) is 0 Å². The van der Waals surface area contributed by atoms with Crippen molar-refractivity contribution in [3.05, 3.63) is 47.5 Å². The smallest absolute Gasteiger partial charge is 0.337 e. The van der Waals surface area contributed by atoms with Gasteiger partial charge < -0.3 is 19.5 Å². The number of rotatable bonds is 3. The summed E-state index contributed by atoms with van der Waals surface area (Å²) in [6.45, 7) is 0.135. The summed E-state index contributed by atoms with van der Waals surface area (Å²) in [7, 11) is 1.33. The maximum absolute atomic E-state index is 12.4. The van der Waals surface area contributed by atoms with Crippen molar-refractivity contribution < 1.29 is 23.8 Å². The quantitative estimate of drug-likeness (QED) is 0.498. The van der Waals surface area contributed by atoms with Gasteiger partial charge in [0.05, 0.1) is 22.9 Å². The monoisotopic (exact) mass is 415 g/mol. The Hall–Kier alpha value is -3.24. The molecule has 0 spiro atoms. The molecule has 1 aromatic heterocycles. The van der Waals surface area contributed by atoms with Gasteiger partial charge in [0, 0.05) is 5.56 Å². The number of ether oxygens (including phenoxy) is 3. The maximum Gasteiger partial charge on any atom is 0.337 e. The van der Waals surface area contributed by atoms with Crippen LogP contribution in [0.2, 0.25) is 0 Å². The minimum absolute atomic E-state index is 0.106. The molecule has 2 aromatic carbocycles. The van der Waals surface area contributed by atoms with Gasteiger partial charge in [0.25, 0.3) is 5.91 Å². The van der Waals surface area contributed by atoms with E-state index in [4.69, 9.17) is 26.4 Å². The lowest BCUT2D eigenvalue weighted by molar-refractivity contribution is 0.0600. The van der Waals surface area contributed by atoms with Crippen LogP contribution in [-0.4, -0.2) is 35.9 Å². The molecule has 10 heteroatoms. The van der Waals surface area contributed by atoms with Crippen molar-refractivity contribution in [2.75, 3.05) is 19.2 Å². The molecule has 1 amide bonds. The van der Waals surface area contributed by atoms with E-state index >= 15 is 0 Å². The van der Waals surface area contributed by atoms with Crippen LogP contribution in [0.25, 0.3) is 10.2 Å². The summed E-state index contributed by atoms with van der Waals surface area (Å²) in [5.41, 5.74) is 1.52. The molecule has 142 valence electrons. The van der Waals surface area contributed by atoms with Crippen molar-refractivity contribution in [1.82, 2.24) is 10.3 Å². The van der Waals surface area contributed by atoms with E-state index in [1.54, 1.807) is 36.4 Å². The number of amides is 1. The third kappa shape index (κ3) is 3.59. The Bertz CT molecular complexity index is 1110. The van der Waals surface area contributed by atoms with Gasteiger partial charge in [-0.15, -0.1) is 0 Å². The molecule has 0 atom stereocenters. The fourth-order valence-electron chi connectivity index (χ4n) is 2.56. The lowest BCUT2D eigenvalue weighted by atomic mass is 10.2. The van der Waals surface area contributed by atoms with Gasteiger partial charge in [-0.1, -0.05) is 11.3 Å². The molecule has 1 aliphatic rings. The van der Waals surface area contributed by atoms with Gasteiger partial charge in [0.1, 0.15) is 0 Å². The highest BCUT2D eigenvalue weighted by atomic mass is 32.1. The van der Waals surface area contributed by atoms with Gasteiger partial charge in [0.15, 0.2) is 21.7 Å².